The van der Waals surface area contributed by atoms with Crippen LogP contribution in [0.2, 0.25) is 0 Å². The molecule has 0 bridgehead atoms. The van der Waals surface area contributed by atoms with Gasteiger partial charge in [0.1, 0.15) is 11.5 Å². The maximum atomic E-state index is 12.4. The Bertz CT molecular complexity index is 982. The van der Waals surface area contributed by atoms with Gasteiger partial charge in [0.15, 0.2) is 0 Å². The lowest BCUT2D eigenvalue weighted by Crippen LogP contribution is -2.08. The Morgan fingerprint density at radius 2 is 1.70 bits per heavy atom. The van der Waals surface area contributed by atoms with E-state index in [9.17, 15) is 4.79 Å². The third kappa shape index (κ3) is 6.85. The summed E-state index contributed by atoms with van der Waals surface area (Å²) < 4.78 is 12.1. The summed E-state index contributed by atoms with van der Waals surface area (Å²) in [4.78, 5) is 16.8. The van der Waals surface area contributed by atoms with Crippen molar-refractivity contribution in [1.82, 2.24) is 0 Å². The minimum Gasteiger partial charge on any atom is -0.494 e. The summed E-state index contributed by atoms with van der Waals surface area (Å²) in [6, 6.07) is 22.0. The zero-order valence-corrected chi connectivity index (χ0v) is 18.5. The second kappa shape index (κ2) is 11.3. The zero-order valence-electron chi connectivity index (χ0n) is 16.9. The fraction of sp³-hybridized carbons (Fsp3) is 0.200. The minimum absolute atomic E-state index is 0.400. The van der Waals surface area contributed by atoms with Gasteiger partial charge in [-0.05, 0) is 78.7 Å². The van der Waals surface area contributed by atoms with Gasteiger partial charge in [0.05, 0.1) is 17.9 Å². The van der Waals surface area contributed by atoms with Crippen molar-refractivity contribution in [2.45, 2.75) is 26.2 Å². The summed E-state index contributed by atoms with van der Waals surface area (Å²) in [5.41, 5.74) is 2.26. The molecule has 0 heterocycles. The Balaban J connectivity index is 1.54. The number of esters is 1. The Labute approximate surface area is 185 Å². The number of rotatable bonds is 9. The number of halogens is 1. The van der Waals surface area contributed by atoms with Gasteiger partial charge in [-0.1, -0.05) is 41.8 Å². The number of benzene rings is 3. The summed E-state index contributed by atoms with van der Waals surface area (Å²) in [5, 5.41) is 0. The first kappa shape index (κ1) is 21.8. The molecule has 0 saturated heterocycles. The molecule has 30 heavy (non-hydrogen) atoms. The van der Waals surface area contributed by atoms with E-state index in [1.54, 1.807) is 42.6 Å². The smallest absolute Gasteiger partial charge is 0.343 e. The topological polar surface area (TPSA) is 47.9 Å². The van der Waals surface area contributed by atoms with Crippen LogP contribution in [0.25, 0.3) is 0 Å². The second-order valence-corrected chi connectivity index (χ2v) is 7.69. The third-order valence-electron chi connectivity index (χ3n) is 4.37. The lowest BCUT2D eigenvalue weighted by atomic mass is 10.2. The molecule has 3 aromatic carbocycles. The van der Waals surface area contributed by atoms with Gasteiger partial charge in [-0.15, -0.1) is 0 Å². The first-order valence-electron chi connectivity index (χ1n) is 9.99. The van der Waals surface area contributed by atoms with Crippen molar-refractivity contribution >= 4 is 33.8 Å². The average Bonchev–Trinajstić information content (AvgIpc) is 2.77. The lowest BCUT2D eigenvalue weighted by molar-refractivity contribution is 0.0734. The van der Waals surface area contributed by atoms with Crippen LogP contribution in [0.3, 0.4) is 0 Å². The van der Waals surface area contributed by atoms with Crippen LogP contribution >= 0.6 is 15.9 Å². The number of carbonyl (C=O) groups is 1. The van der Waals surface area contributed by atoms with Crippen LogP contribution in [-0.2, 0) is 0 Å². The average molecular weight is 466 g/mol. The second-order valence-electron chi connectivity index (χ2n) is 6.78. The highest BCUT2D eigenvalue weighted by atomic mass is 79.9. The maximum absolute atomic E-state index is 12.4. The fourth-order valence-corrected chi connectivity index (χ4v) is 3.11. The van der Waals surface area contributed by atoms with Crippen LogP contribution < -0.4 is 9.47 Å². The van der Waals surface area contributed by atoms with Crippen molar-refractivity contribution in [1.29, 1.82) is 0 Å². The molecule has 3 aromatic rings. The normalized spacial score (nSPS) is 10.9. The maximum Gasteiger partial charge on any atom is 0.343 e. The number of hydrogen-bond donors (Lipinski definition) is 0. The first-order chi connectivity index (χ1) is 14.6. The molecule has 0 aromatic heterocycles. The summed E-state index contributed by atoms with van der Waals surface area (Å²) in [6.07, 6.45) is 5.11. The number of aliphatic imine (C=N–C) groups is 1. The summed E-state index contributed by atoms with van der Waals surface area (Å²) >= 11 is 3.43. The molecule has 0 amide bonds. The van der Waals surface area contributed by atoms with Gasteiger partial charge >= 0.3 is 5.97 Å². The van der Waals surface area contributed by atoms with E-state index in [1.165, 1.54) is 0 Å². The molecular formula is C25H24BrNO3. The Morgan fingerprint density at radius 1 is 0.967 bits per heavy atom. The van der Waals surface area contributed by atoms with E-state index >= 15 is 0 Å². The summed E-state index contributed by atoms with van der Waals surface area (Å²) in [7, 11) is 0. The van der Waals surface area contributed by atoms with Crippen molar-refractivity contribution in [3.05, 3.63) is 88.4 Å². The van der Waals surface area contributed by atoms with Crippen LogP contribution in [0.4, 0.5) is 5.69 Å². The van der Waals surface area contributed by atoms with Gasteiger partial charge in [0.2, 0.25) is 0 Å². The Hall–Kier alpha value is -2.92. The van der Waals surface area contributed by atoms with E-state index < -0.39 is 5.97 Å². The molecular weight excluding hydrogens is 442 g/mol. The van der Waals surface area contributed by atoms with E-state index in [-0.39, 0.29) is 0 Å². The highest BCUT2D eigenvalue weighted by Gasteiger charge is 2.09. The van der Waals surface area contributed by atoms with Crippen molar-refractivity contribution in [2.75, 3.05) is 6.61 Å². The zero-order chi connectivity index (χ0) is 21.2. The van der Waals surface area contributed by atoms with Crippen LogP contribution in [0.1, 0.15) is 42.1 Å². The van der Waals surface area contributed by atoms with E-state index in [0.29, 0.717) is 17.9 Å². The van der Waals surface area contributed by atoms with Crippen molar-refractivity contribution in [2.24, 2.45) is 4.99 Å². The third-order valence-corrected chi connectivity index (χ3v) is 4.86. The highest BCUT2D eigenvalue weighted by molar-refractivity contribution is 9.10. The number of unbranched alkanes of at least 4 members (excludes halogenated alkanes) is 2. The molecule has 0 spiro atoms. The fourth-order valence-electron chi connectivity index (χ4n) is 2.72. The highest BCUT2D eigenvalue weighted by Crippen LogP contribution is 2.19. The Kier molecular flexibility index (Phi) is 8.21. The number of hydrogen-bond acceptors (Lipinski definition) is 4. The molecule has 0 N–H and O–H groups in total. The van der Waals surface area contributed by atoms with Gasteiger partial charge in [0, 0.05) is 10.7 Å². The van der Waals surface area contributed by atoms with E-state index in [4.69, 9.17) is 9.47 Å². The predicted molar refractivity (Wildman–Crippen MR) is 124 cm³/mol. The molecule has 0 aliphatic heterocycles. The van der Waals surface area contributed by atoms with E-state index in [1.807, 2.05) is 36.4 Å². The van der Waals surface area contributed by atoms with E-state index in [2.05, 4.69) is 27.8 Å². The molecule has 0 aliphatic carbocycles. The van der Waals surface area contributed by atoms with E-state index in [0.717, 1.165) is 40.7 Å². The minimum atomic E-state index is -0.400. The molecule has 0 unspecified atom stereocenters. The van der Waals surface area contributed by atoms with Crippen molar-refractivity contribution in [3.8, 4) is 11.5 Å². The summed E-state index contributed by atoms with van der Waals surface area (Å²) in [5.74, 6) is 0.847. The van der Waals surface area contributed by atoms with Gasteiger partial charge in [-0.3, -0.25) is 4.99 Å². The van der Waals surface area contributed by atoms with Gasteiger partial charge in [-0.25, -0.2) is 4.79 Å². The molecule has 0 aliphatic rings. The van der Waals surface area contributed by atoms with Crippen molar-refractivity contribution < 1.29 is 14.3 Å². The van der Waals surface area contributed by atoms with Crippen LogP contribution in [0.5, 0.6) is 11.5 Å². The molecule has 0 atom stereocenters. The quantitative estimate of drug-likeness (QED) is 0.148. The molecule has 0 radical (unpaired) electrons. The Morgan fingerprint density at radius 3 is 2.40 bits per heavy atom. The largest absolute Gasteiger partial charge is 0.494 e. The first-order valence-corrected chi connectivity index (χ1v) is 10.8. The molecule has 4 nitrogen and oxygen atoms in total. The molecule has 0 saturated carbocycles. The number of nitrogens with zero attached hydrogens (tertiary/aromatic N) is 1. The lowest BCUT2D eigenvalue weighted by Gasteiger charge is -2.07. The predicted octanol–water partition coefficient (Wildman–Crippen LogP) is 6.99. The SMILES string of the molecule is CCCCCOc1ccc(C(=O)Oc2ccc(C=Nc3cccc(Br)c3)cc2)cc1. The number of ether oxygens (including phenoxy) is 2. The molecule has 0 fully saturated rings. The van der Waals surface area contributed by atoms with Gasteiger partial charge < -0.3 is 9.47 Å². The van der Waals surface area contributed by atoms with Gasteiger partial charge in [-0.2, -0.15) is 0 Å². The van der Waals surface area contributed by atoms with Crippen LogP contribution in [0, 0.1) is 0 Å². The monoisotopic (exact) mass is 465 g/mol. The molecule has 5 heteroatoms. The summed E-state index contributed by atoms with van der Waals surface area (Å²) in [6.45, 7) is 2.85. The van der Waals surface area contributed by atoms with Crippen LogP contribution in [0.15, 0.2) is 82.3 Å². The van der Waals surface area contributed by atoms with Gasteiger partial charge in [0.25, 0.3) is 0 Å². The molecule has 3 rings (SSSR count). The standard InChI is InChI=1S/C25H24BrNO3/c1-2-3-4-16-29-23-14-10-20(11-15-23)25(28)30-24-12-8-19(9-13-24)18-27-22-7-5-6-21(26)17-22/h5-15,17-18H,2-4,16H2,1H3. The number of carbonyl (C=O) groups excluding carboxylic acids is 1. The van der Waals surface area contributed by atoms with Crippen LogP contribution in [-0.4, -0.2) is 18.8 Å². The van der Waals surface area contributed by atoms with Crippen molar-refractivity contribution in [3.63, 3.8) is 0 Å². The molecule has 154 valence electrons.